The maximum atomic E-state index is 9.15. The fraction of sp³-hybridized carbons (Fsp3) is 0.643. The molecule has 1 rings (SSSR count). The SMILES string of the molecule is CCCCN(CCO)c1ncc(CNC)cc1C. The molecule has 102 valence electrons. The molecule has 0 fully saturated rings. The van der Waals surface area contributed by atoms with Crippen LogP contribution in [0, 0.1) is 6.92 Å². The molecule has 0 amide bonds. The van der Waals surface area contributed by atoms with Crippen LogP contribution in [0.3, 0.4) is 0 Å². The van der Waals surface area contributed by atoms with E-state index >= 15 is 0 Å². The van der Waals surface area contributed by atoms with Crippen molar-refractivity contribution in [3.63, 3.8) is 0 Å². The predicted octanol–water partition coefficient (Wildman–Crippen LogP) is 1.71. The van der Waals surface area contributed by atoms with E-state index in [-0.39, 0.29) is 6.61 Å². The van der Waals surface area contributed by atoms with Gasteiger partial charge in [0.05, 0.1) is 6.61 Å². The average molecular weight is 251 g/mol. The Morgan fingerprint density at radius 3 is 2.72 bits per heavy atom. The highest BCUT2D eigenvalue weighted by Crippen LogP contribution is 2.18. The van der Waals surface area contributed by atoms with Crippen molar-refractivity contribution < 1.29 is 5.11 Å². The quantitative estimate of drug-likeness (QED) is 0.738. The second-order valence-electron chi connectivity index (χ2n) is 4.58. The molecule has 1 heterocycles. The van der Waals surface area contributed by atoms with Gasteiger partial charge in [0.15, 0.2) is 0 Å². The third kappa shape index (κ3) is 4.27. The third-order valence-corrected chi connectivity index (χ3v) is 2.94. The van der Waals surface area contributed by atoms with Gasteiger partial charge < -0.3 is 15.3 Å². The maximum Gasteiger partial charge on any atom is 0.131 e. The summed E-state index contributed by atoms with van der Waals surface area (Å²) in [6, 6.07) is 2.16. The van der Waals surface area contributed by atoms with Crippen LogP contribution in [0.5, 0.6) is 0 Å². The van der Waals surface area contributed by atoms with Crippen LogP contribution in [0.25, 0.3) is 0 Å². The van der Waals surface area contributed by atoms with Crippen molar-refractivity contribution in [3.8, 4) is 0 Å². The number of hydrogen-bond acceptors (Lipinski definition) is 4. The number of rotatable bonds is 8. The van der Waals surface area contributed by atoms with Gasteiger partial charge in [0.2, 0.25) is 0 Å². The highest BCUT2D eigenvalue weighted by atomic mass is 16.3. The van der Waals surface area contributed by atoms with Crippen molar-refractivity contribution >= 4 is 5.82 Å². The van der Waals surface area contributed by atoms with Gasteiger partial charge in [0, 0.05) is 25.8 Å². The molecular formula is C14H25N3O. The molecule has 0 radical (unpaired) electrons. The maximum absolute atomic E-state index is 9.15. The van der Waals surface area contributed by atoms with E-state index in [0.29, 0.717) is 6.54 Å². The van der Waals surface area contributed by atoms with E-state index in [0.717, 1.165) is 31.7 Å². The number of hydrogen-bond donors (Lipinski definition) is 2. The molecule has 0 bridgehead atoms. The molecule has 0 unspecified atom stereocenters. The summed E-state index contributed by atoms with van der Waals surface area (Å²) in [5.41, 5.74) is 2.37. The lowest BCUT2D eigenvalue weighted by atomic mass is 10.2. The second kappa shape index (κ2) is 8.06. The fourth-order valence-electron chi connectivity index (χ4n) is 2.05. The monoisotopic (exact) mass is 251 g/mol. The Labute approximate surface area is 110 Å². The summed E-state index contributed by atoms with van der Waals surface area (Å²) in [7, 11) is 1.93. The number of pyridine rings is 1. The summed E-state index contributed by atoms with van der Waals surface area (Å²) < 4.78 is 0. The minimum atomic E-state index is 0.170. The van der Waals surface area contributed by atoms with Crippen LogP contribution in [0.15, 0.2) is 12.3 Å². The van der Waals surface area contributed by atoms with E-state index in [4.69, 9.17) is 5.11 Å². The lowest BCUT2D eigenvalue weighted by Crippen LogP contribution is -2.29. The number of aliphatic hydroxyl groups excluding tert-OH is 1. The van der Waals surface area contributed by atoms with Crippen molar-refractivity contribution in [2.75, 3.05) is 31.6 Å². The van der Waals surface area contributed by atoms with Gasteiger partial charge >= 0.3 is 0 Å². The summed E-state index contributed by atoms with van der Waals surface area (Å²) in [4.78, 5) is 6.71. The number of unbranched alkanes of at least 4 members (excludes halogenated alkanes) is 1. The van der Waals surface area contributed by atoms with Gasteiger partial charge in [-0.15, -0.1) is 0 Å². The predicted molar refractivity (Wildman–Crippen MR) is 75.9 cm³/mol. The number of aliphatic hydroxyl groups is 1. The van der Waals surface area contributed by atoms with Gasteiger partial charge in [-0.1, -0.05) is 13.3 Å². The molecule has 0 saturated carbocycles. The van der Waals surface area contributed by atoms with Crippen LogP contribution < -0.4 is 10.2 Å². The summed E-state index contributed by atoms with van der Waals surface area (Å²) in [6.07, 6.45) is 4.19. The van der Waals surface area contributed by atoms with Crippen molar-refractivity contribution in [2.24, 2.45) is 0 Å². The number of aromatic nitrogens is 1. The van der Waals surface area contributed by atoms with Crippen LogP contribution in [0.4, 0.5) is 5.82 Å². The molecule has 1 aromatic heterocycles. The lowest BCUT2D eigenvalue weighted by molar-refractivity contribution is 0.301. The molecule has 1 aromatic rings. The van der Waals surface area contributed by atoms with Gasteiger partial charge in [-0.05, 0) is 37.6 Å². The minimum absolute atomic E-state index is 0.170. The first-order chi connectivity index (χ1) is 8.72. The number of anilines is 1. The van der Waals surface area contributed by atoms with Crippen LogP contribution in [-0.2, 0) is 6.54 Å². The van der Waals surface area contributed by atoms with E-state index in [2.05, 4.69) is 35.1 Å². The summed E-state index contributed by atoms with van der Waals surface area (Å²) in [5.74, 6) is 0.998. The van der Waals surface area contributed by atoms with Crippen molar-refractivity contribution in [3.05, 3.63) is 23.4 Å². The Hall–Kier alpha value is -1.13. The van der Waals surface area contributed by atoms with Gasteiger partial charge in [0.1, 0.15) is 5.82 Å². The molecule has 2 N–H and O–H groups in total. The van der Waals surface area contributed by atoms with E-state index in [1.165, 1.54) is 11.1 Å². The average Bonchev–Trinajstić information content (AvgIpc) is 2.35. The molecule has 0 atom stereocenters. The Morgan fingerprint density at radius 1 is 1.39 bits per heavy atom. The summed E-state index contributed by atoms with van der Waals surface area (Å²) in [6.45, 7) is 6.87. The largest absolute Gasteiger partial charge is 0.395 e. The normalized spacial score (nSPS) is 10.7. The molecule has 4 heteroatoms. The lowest BCUT2D eigenvalue weighted by Gasteiger charge is -2.24. The van der Waals surface area contributed by atoms with Gasteiger partial charge in [0.25, 0.3) is 0 Å². The second-order valence-corrected chi connectivity index (χ2v) is 4.58. The standard InChI is InChI=1S/C14H25N3O/c1-4-5-6-17(7-8-18)14-12(2)9-13(10-15-3)11-16-14/h9,11,15,18H,4-8,10H2,1-3H3. The Bertz CT molecular complexity index is 355. The molecule has 4 nitrogen and oxygen atoms in total. The Balaban J connectivity index is 2.83. The van der Waals surface area contributed by atoms with Crippen LogP contribution in [0.2, 0.25) is 0 Å². The molecule has 0 aromatic carbocycles. The number of nitrogens with zero attached hydrogens (tertiary/aromatic N) is 2. The summed E-state index contributed by atoms with van der Waals surface area (Å²) >= 11 is 0. The molecular weight excluding hydrogens is 226 g/mol. The Morgan fingerprint density at radius 2 is 2.17 bits per heavy atom. The zero-order valence-corrected chi connectivity index (χ0v) is 11.7. The number of aryl methyl sites for hydroxylation is 1. The van der Waals surface area contributed by atoms with E-state index in [1.54, 1.807) is 0 Å². The smallest absolute Gasteiger partial charge is 0.131 e. The van der Waals surface area contributed by atoms with Gasteiger partial charge in [-0.25, -0.2) is 4.98 Å². The van der Waals surface area contributed by atoms with Crippen molar-refractivity contribution in [1.29, 1.82) is 0 Å². The zero-order chi connectivity index (χ0) is 13.4. The number of nitrogens with one attached hydrogen (secondary N) is 1. The topological polar surface area (TPSA) is 48.4 Å². The van der Waals surface area contributed by atoms with Gasteiger partial charge in [-0.2, -0.15) is 0 Å². The van der Waals surface area contributed by atoms with Crippen LogP contribution in [0.1, 0.15) is 30.9 Å². The molecule has 0 aliphatic heterocycles. The Kier molecular flexibility index (Phi) is 6.68. The molecule has 0 spiro atoms. The first kappa shape index (κ1) is 14.9. The first-order valence-electron chi connectivity index (χ1n) is 6.68. The highest BCUT2D eigenvalue weighted by Gasteiger charge is 2.10. The zero-order valence-electron chi connectivity index (χ0n) is 11.7. The minimum Gasteiger partial charge on any atom is -0.395 e. The first-order valence-corrected chi connectivity index (χ1v) is 6.68. The molecule has 18 heavy (non-hydrogen) atoms. The van der Waals surface area contributed by atoms with E-state index < -0.39 is 0 Å². The molecule has 0 aliphatic rings. The fourth-order valence-corrected chi connectivity index (χ4v) is 2.05. The van der Waals surface area contributed by atoms with Crippen molar-refractivity contribution in [1.82, 2.24) is 10.3 Å². The summed E-state index contributed by atoms with van der Waals surface area (Å²) in [5, 5.41) is 12.3. The van der Waals surface area contributed by atoms with Crippen LogP contribution >= 0.6 is 0 Å². The van der Waals surface area contributed by atoms with Gasteiger partial charge in [-0.3, -0.25) is 0 Å². The highest BCUT2D eigenvalue weighted by molar-refractivity contribution is 5.47. The molecule has 0 saturated heterocycles. The molecule has 0 aliphatic carbocycles. The van der Waals surface area contributed by atoms with E-state index in [9.17, 15) is 0 Å². The van der Waals surface area contributed by atoms with Crippen LogP contribution in [-0.4, -0.2) is 36.8 Å². The third-order valence-electron chi connectivity index (χ3n) is 2.94. The van der Waals surface area contributed by atoms with Crippen molar-refractivity contribution in [2.45, 2.75) is 33.2 Å². The van der Waals surface area contributed by atoms with E-state index in [1.807, 2.05) is 13.2 Å².